The van der Waals surface area contributed by atoms with Crippen LogP contribution in [0, 0.1) is 12.8 Å². The molecule has 0 bridgehead atoms. The number of hydrogen-bond donors (Lipinski definition) is 0. The molecule has 0 saturated heterocycles. The van der Waals surface area contributed by atoms with Crippen LogP contribution in [0.15, 0.2) is 79.4 Å². The molecule has 0 N–H and O–H groups in total. The zero-order chi connectivity index (χ0) is 22.1. The van der Waals surface area contributed by atoms with E-state index in [0.29, 0.717) is 11.8 Å². The SMILES string of the molecule is C=C(C)c1ccc(C2C=CC=C2[C@H](C)CC(=C)c2cc(C)cc(C(C)(C)C)c2)cc1. The first-order chi connectivity index (χ1) is 14.1. The molecular formula is C30H36. The van der Waals surface area contributed by atoms with Crippen LogP contribution in [0.4, 0.5) is 0 Å². The van der Waals surface area contributed by atoms with E-state index < -0.39 is 0 Å². The van der Waals surface area contributed by atoms with Gasteiger partial charge in [-0.05, 0) is 59.4 Å². The molecule has 0 saturated carbocycles. The Kier molecular flexibility index (Phi) is 6.36. The number of rotatable bonds is 6. The van der Waals surface area contributed by atoms with Crippen molar-refractivity contribution in [3.63, 3.8) is 0 Å². The fourth-order valence-corrected chi connectivity index (χ4v) is 4.27. The molecule has 156 valence electrons. The molecule has 0 heteroatoms. The molecule has 2 aromatic rings. The van der Waals surface area contributed by atoms with E-state index in [9.17, 15) is 0 Å². The predicted octanol–water partition coefficient (Wildman–Crippen LogP) is 8.65. The average molecular weight is 397 g/mol. The van der Waals surface area contributed by atoms with Gasteiger partial charge in [-0.1, -0.05) is 118 Å². The molecule has 3 rings (SSSR count). The van der Waals surface area contributed by atoms with Gasteiger partial charge >= 0.3 is 0 Å². The molecule has 30 heavy (non-hydrogen) atoms. The second-order valence-corrected chi connectivity index (χ2v) is 9.98. The number of hydrogen-bond acceptors (Lipinski definition) is 0. The van der Waals surface area contributed by atoms with Gasteiger partial charge in [0.05, 0.1) is 0 Å². The van der Waals surface area contributed by atoms with E-state index in [1.54, 1.807) is 0 Å². The number of aryl methyl sites for hydroxylation is 1. The Morgan fingerprint density at radius 2 is 1.67 bits per heavy atom. The van der Waals surface area contributed by atoms with Crippen LogP contribution in [0.25, 0.3) is 11.1 Å². The van der Waals surface area contributed by atoms with E-state index in [-0.39, 0.29) is 5.41 Å². The average Bonchev–Trinajstić information content (AvgIpc) is 3.16. The van der Waals surface area contributed by atoms with Gasteiger partial charge < -0.3 is 0 Å². The van der Waals surface area contributed by atoms with E-state index in [4.69, 9.17) is 0 Å². The third-order valence-corrected chi connectivity index (χ3v) is 6.19. The largest absolute Gasteiger partial charge is 0.0955 e. The summed E-state index contributed by atoms with van der Waals surface area (Å²) in [5.74, 6) is 0.798. The molecule has 0 aromatic heterocycles. The van der Waals surface area contributed by atoms with Gasteiger partial charge in [0.25, 0.3) is 0 Å². The van der Waals surface area contributed by atoms with Gasteiger partial charge in [-0.15, -0.1) is 0 Å². The summed E-state index contributed by atoms with van der Waals surface area (Å²) in [7, 11) is 0. The molecule has 0 spiro atoms. The Hall–Kier alpha value is -2.60. The summed E-state index contributed by atoms with van der Waals surface area (Å²) in [6, 6.07) is 15.8. The first kappa shape index (κ1) is 22.1. The zero-order valence-electron chi connectivity index (χ0n) is 19.5. The summed E-state index contributed by atoms with van der Waals surface area (Å²) in [5, 5.41) is 0. The van der Waals surface area contributed by atoms with Crippen molar-refractivity contribution in [1.82, 2.24) is 0 Å². The van der Waals surface area contributed by atoms with Crippen molar-refractivity contribution in [3.8, 4) is 0 Å². The van der Waals surface area contributed by atoms with Crippen molar-refractivity contribution in [2.24, 2.45) is 5.92 Å². The molecule has 2 atom stereocenters. The van der Waals surface area contributed by atoms with Gasteiger partial charge in [0, 0.05) is 5.92 Å². The highest BCUT2D eigenvalue weighted by molar-refractivity contribution is 5.66. The minimum Gasteiger partial charge on any atom is -0.0955 e. The van der Waals surface area contributed by atoms with E-state index >= 15 is 0 Å². The minimum absolute atomic E-state index is 0.144. The Balaban J connectivity index is 1.77. The van der Waals surface area contributed by atoms with Crippen LogP contribution in [0.2, 0.25) is 0 Å². The van der Waals surface area contributed by atoms with Crippen molar-refractivity contribution in [2.45, 2.75) is 59.3 Å². The van der Waals surface area contributed by atoms with Crippen LogP contribution < -0.4 is 0 Å². The maximum atomic E-state index is 4.47. The minimum atomic E-state index is 0.144. The molecule has 2 aromatic carbocycles. The number of benzene rings is 2. The lowest BCUT2D eigenvalue weighted by Crippen LogP contribution is -2.12. The Morgan fingerprint density at radius 3 is 2.27 bits per heavy atom. The van der Waals surface area contributed by atoms with Crippen LogP contribution in [0.5, 0.6) is 0 Å². The highest BCUT2D eigenvalue weighted by Gasteiger charge is 2.23. The van der Waals surface area contributed by atoms with Crippen molar-refractivity contribution in [3.05, 3.63) is 107 Å². The topological polar surface area (TPSA) is 0 Å². The Morgan fingerprint density at radius 1 is 1.00 bits per heavy atom. The molecule has 0 amide bonds. The van der Waals surface area contributed by atoms with Crippen LogP contribution in [0.1, 0.15) is 74.8 Å². The Bertz CT molecular complexity index is 1000. The fraction of sp³-hybridized carbons (Fsp3) is 0.333. The molecule has 0 fully saturated rings. The summed E-state index contributed by atoms with van der Waals surface area (Å²) >= 11 is 0. The highest BCUT2D eigenvalue weighted by atomic mass is 14.3. The predicted molar refractivity (Wildman–Crippen MR) is 134 cm³/mol. The van der Waals surface area contributed by atoms with Crippen molar-refractivity contribution >= 4 is 11.1 Å². The molecular weight excluding hydrogens is 360 g/mol. The van der Waals surface area contributed by atoms with E-state index in [1.807, 2.05) is 0 Å². The molecule has 0 heterocycles. The van der Waals surface area contributed by atoms with Gasteiger partial charge in [0.2, 0.25) is 0 Å². The third-order valence-electron chi connectivity index (χ3n) is 6.19. The van der Waals surface area contributed by atoms with Crippen LogP contribution >= 0.6 is 0 Å². The van der Waals surface area contributed by atoms with E-state index in [2.05, 4.69) is 115 Å². The first-order valence-corrected chi connectivity index (χ1v) is 11.0. The Labute approximate surface area is 183 Å². The third kappa shape index (κ3) is 4.93. The van der Waals surface area contributed by atoms with Gasteiger partial charge in [-0.25, -0.2) is 0 Å². The summed E-state index contributed by atoms with van der Waals surface area (Å²) in [5.41, 5.74) is 10.5. The molecule has 1 aliphatic rings. The van der Waals surface area contributed by atoms with Crippen molar-refractivity contribution < 1.29 is 0 Å². The smallest absolute Gasteiger partial charge is 0.0237 e. The number of allylic oxidation sites excluding steroid dienone is 6. The second-order valence-electron chi connectivity index (χ2n) is 9.98. The summed E-state index contributed by atoms with van der Waals surface area (Å²) in [4.78, 5) is 0. The zero-order valence-corrected chi connectivity index (χ0v) is 19.5. The second kappa shape index (κ2) is 8.64. The van der Waals surface area contributed by atoms with Crippen LogP contribution in [-0.2, 0) is 5.41 Å². The van der Waals surface area contributed by atoms with Crippen LogP contribution in [0.3, 0.4) is 0 Å². The first-order valence-electron chi connectivity index (χ1n) is 11.0. The summed E-state index contributed by atoms with van der Waals surface area (Å²) in [6.07, 6.45) is 7.79. The van der Waals surface area contributed by atoms with Crippen LogP contribution in [-0.4, -0.2) is 0 Å². The maximum Gasteiger partial charge on any atom is 0.0237 e. The van der Waals surface area contributed by atoms with Crippen molar-refractivity contribution in [2.75, 3.05) is 0 Å². The van der Waals surface area contributed by atoms with Crippen molar-refractivity contribution in [1.29, 1.82) is 0 Å². The van der Waals surface area contributed by atoms with E-state index in [1.165, 1.54) is 39.0 Å². The molecule has 0 radical (unpaired) electrons. The fourth-order valence-electron chi connectivity index (χ4n) is 4.27. The molecule has 0 nitrogen and oxygen atoms in total. The molecule has 1 unspecified atom stereocenters. The van der Waals surface area contributed by atoms with Gasteiger partial charge in [0.1, 0.15) is 0 Å². The normalized spacial score (nSPS) is 17.0. The summed E-state index contributed by atoms with van der Waals surface area (Å²) < 4.78 is 0. The highest BCUT2D eigenvalue weighted by Crippen LogP contribution is 2.39. The lowest BCUT2D eigenvalue weighted by molar-refractivity contribution is 0.589. The monoisotopic (exact) mass is 396 g/mol. The summed E-state index contributed by atoms with van der Waals surface area (Å²) in [6.45, 7) is 21.9. The quantitative estimate of drug-likeness (QED) is 0.458. The van der Waals surface area contributed by atoms with E-state index in [0.717, 1.165) is 12.0 Å². The van der Waals surface area contributed by atoms with Gasteiger partial charge in [0.15, 0.2) is 0 Å². The van der Waals surface area contributed by atoms with Gasteiger partial charge in [-0.3, -0.25) is 0 Å². The van der Waals surface area contributed by atoms with Gasteiger partial charge in [-0.2, -0.15) is 0 Å². The lowest BCUT2D eigenvalue weighted by Gasteiger charge is -2.24. The molecule has 1 aliphatic carbocycles. The lowest BCUT2D eigenvalue weighted by atomic mass is 9.81. The molecule has 0 aliphatic heterocycles. The maximum absolute atomic E-state index is 4.47. The standard InChI is InChI=1S/C30H36/c1-20(2)24-12-14-25(15-13-24)29-11-9-10-28(29)23(5)18-22(4)26-16-21(3)17-27(19-26)30(6,7)8/h9-17,19,23,29H,1,4,18H2,2-3,5-8H3/t23-,29?/m1/s1.